The molecule has 8 bridgehead atoms. The van der Waals surface area contributed by atoms with E-state index in [2.05, 4.69) is 130 Å². The summed E-state index contributed by atoms with van der Waals surface area (Å²) in [6.45, 7) is 27.3. The van der Waals surface area contributed by atoms with Crippen LogP contribution in [0.15, 0.2) is 78.9 Å². The molecule has 9 nitrogen and oxygen atoms in total. The molecular formula is C58H69Cl3N2O7. The third kappa shape index (κ3) is 13.0. The molecule has 3 N–H and O–H groups in total. The molecule has 0 fully saturated rings. The summed E-state index contributed by atoms with van der Waals surface area (Å²) in [5.74, 6) is -0.0524. The molecule has 5 aromatic carbocycles. The van der Waals surface area contributed by atoms with Crippen LogP contribution in [0.1, 0.15) is 168 Å². The van der Waals surface area contributed by atoms with Crippen molar-refractivity contribution in [2.24, 2.45) is 0 Å². The van der Waals surface area contributed by atoms with Gasteiger partial charge in [-0.15, -0.1) is 0 Å². The lowest BCUT2D eigenvalue weighted by Crippen LogP contribution is -2.40. The van der Waals surface area contributed by atoms with Crippen LogP contribution in [-0.2, 0) is 56.9 Å². The highest BCUT2D eigenvalue weighted by Gasteiger charge is 2.34. The van der Waals surface area contributed by atoms with Crippen molar-refractivity contribution in [1.29, 1.82) is 0 Å². The van der Waals surface area contributed by atoms with Crippen LogP contribution in [0.2, 0.25) is 0 Å². The number of fused-ring (bicyclic) bond motifs is 8. The summed E-state index contributed by atoms with van der Waals surface area (Å²) in [5, 5.41) is 17.7. The number of imide groups is 1. The molecular weight excluding hydrogens is 943 g/mol. The first-order valence-corrected chi connectivity index (χ1v) is 24.9. The number of aromatic hydroxyl groups is 1. The van der Waals surface area contributed by atoms with E-state index in [4.69, 9.17) is 49.0 Å². The van der Waals surface area contributed by atoms with Crippen LogP contribution in [0.3, 0.4) is 0 Å². The Morgan fingerprint density at radius 1 is 0.571 bits per heavy atom. The van der Waals surface area contributed by atoms with Crippen molar-refractivity contribution >= 4 is 52.7 Å². The fourth-order valence-electron chi connectivity index (χ4n) is 8.74. The molecule has 1 atom stereocenters. The molecule has 70 heavy (non-hydrogen) atoms. The Kier molecular flexibility index (Phi) is 15.8. The number of phenols is 1. The number of hydrogen-bond donors (Lipinski definition) is 3. The first-order valence-electron chi connectivity index (χ1n) is 23.8. The maximum Gasteiger partial charge on any atom is 0.419 e. The zero-order chi connectivity index (χ0) is 51.9. The molecule has 0 heterocycles. The van der Waals surface area contributed by atoms with Crippen molar-refractivity contribution in [3.8, 4) is 23.0 Å². The molecule has 5 aromatic rings. The summed E-state index contributed by atoms with van der Waals surface area (Å²) in [6, 6.07) is 26.0. The quantitative estimate of drug-likeness (QED) is 0.136. The van der Waals surface area contributed by atoms with Gasteiger partial charge in [-0.1, -0.05) is 197 Å². The third-order valence-electron chi connectivity index (χ3n) is 12.9. The molecule has 0 aliphatic heterocycles. The number of carbonyl (C=O) groups excluding carboxylic acids is 3. The average Bonchev–Trinajstić information content (AvgIpc) is 3.23. The summed E-state index contributed by atoms with van der Waals surface area (Å²) < 4.78 is 16.9. The standard InChI is InChI=1S/C58H69Cl3N2O7/c1-33(34-18-16-15-17-19-34)62-47(64)32-69-50-39-21-36-25-43(54(2,3)4)24-35(48(36)65)20-37-26-44(55(5,6)7)27-38(49(37)68-14)22-41-30-46(57(11,12)13)31-42(23-40(50)29-45(28-39)56(8,9)10)51(41)70-53(67)63-52(66)58(59,60)61/h15-19,24-31,33,65H,20-23,32H2,1-14H3,(H,62,64)(H,63,66,67)/t33-/m0/s1. The number of methoxy groups -OCH3 is 1. The molecule has 6 rings (SSSR count). The van der Waals surface area contributed by atoms with Crippen molar-refractivity contribution in [2.75, 3.05) is 13.7 Å². The lowest BCUT2D eigenvalue weighted by Gasteiger charge is -2.28. The van der Waals surface area contributed by atoms with Crippen LogP contribution in [0.25, 0.3) is 0 Å². The zero-order valence-corrected chi connectivity index (χ0v) is 45.4. The number of ether oxygens (including phenoxy) is 3. The second-order valence-corrected chi connectivity index (χ2v) is 25.0. The van der Waals surface area contributed by atoms with Crippen molar-refractivity contribution in [3.63, 3.8) is 0 Å². The lowest BCUT2D eigenvalue weighted by atomic mass is 9.79. The van der Waals surface area contributed by atoms with Gasteiger partial charge >= 0.3 is 6.09 Å². The van der Waals surface area contributed by atoms with Crippen LogP contribution < -0.4 is 24.8 Å². The van der Waals surface area contributed by atoms with Crippen LogP contribution in [0, 0.1) is 0 Å². The fraction of sp³-hybridized carbons (Fsp3) is 0.431. The van der Waals surface area contributed by atoms with E-state index >= 15 is 0 Å². The van der Waals surface area contributed by atoms with Gasteiger partial charge < -0.3 is 24.6 Å². The van der Waals surface area contributed by atoms with Gasteiger partial charge in [-0.3, -0.25) is 14.9 Å². The van der Waals surface area contributed by atoms with E-state index < -0.39 is 21.2 Å². The van der Waals surface area contributed by atoms with E-state index in [9.17, 15) is 19.5 Å². The minimum atomic E-state index is -2.44. The van der Waals surface area contributed by atoms with Gasteiger partial charge in [0, 0.05) is 36.8 Å². The number of alkyl halides is 3. The van der Waals surface area contributed by atoms with E-state index in [1.165, 1.54) is 0 Å². The summed E-state index contributed by atoms with van der Waals surface area (Å²) in [5.41, 5.74) is 9.41. The number of nitrogens with one attached hydrogen (secondary N) is 2. The molecule has 0 saturated heterocycles. The molecule has 1 aliphatic rings. The van der Waals surface area contributed by atoms with E-state index in [1.807, 2.05) is 49.4 Å². The summed E-state index contributed by atoms with van der Waals surface area (Å²) in [6.07, 6.45) is -0.179. The Bertz CT molecular complexity index is 2790. The minimum Gasteiger partial charge on any atom is -0.507 e. The van der Waals surface area contributed by atoms with Crippen molar-refractivity contribution in [2.45, 2.75) is 147 Å². The molecule has 0 saturated carbocycles. The van der Waals surface area contributed by atoms with Crippen LogP contribution in [-0.4, -0.2) is 40.5 Å². The fourth-order valence-corrected chi connectivity index (χ4v) is 8.88. The number of phenolic OH excluding ortho intramolecular Hbond substituents is 1. The molecule has 0 spiro atoms. The van der Waals surface area contributed by atoms with Crippen molar-refractivity contribution in [3.05, 3.63) is 151 Å². The number of hydrogen-bond acceptors (Lipinski definition) is 7. The van der Waals surface area contributed by atoms with Gasteiger partial charge in [0.05, 0.1) is 13.2 Å². The average molecular weight is 1010 g/mol. The molecule has 3 amide bonds. The highest BCUT2D eigenvalue weighted by molar-refractivity contribution is 6.76. The predicted octanol–water partition coefficient (Wildman–Crippen LogP) is 13.5. The normalized spacial score (nSPS) is 13.8. The second-order valence-electron chi connectivity index (χ2n) is 22.8. The predicted molar refractivity (Wildman–Crippen MR) is 283 cm³/mol. The maximum atomic E-state index is 13.9. The number of halogens is 3. The summed E-state index contributed by atoms with van der Waals surface area (Å²) >= 11 is 17.8. The van der Waals surface area contributed by atoms with E-state index in [0.717, 1.165) is 50.1 Å². The van der Waals surface area contributed by atoms with Gasteiger partial charge in [0.25, 0.3) is 15.6 Å². The van der Waals surface area contributed by atoms with Crippen LogP contribution >= 0.6 is 34.8 Å². The van der Waals surface area contributed by atoms with Crippen LogP contribution in [0.4, 0.5) is 4.79 Å². The molecule has 0 radical (unpaired) electrons. The third-order valence-corrected chi connectivity index (χ3v) is 13.4. The largest absolute Gasteiger partial charge is 0.507 e. The molecule has 0 aromatic heterocycles. The summed E-state index contributed by atoms with van der Waals surface area (Å²) in [7, 11) is 1.64. The Morgan fingerprint density at radius 2 is 0.929 bits per heavy atom. The SMILES string of the molecule is COc1c2cc(C(C)(C)C)cc1Cc1cc(C(C)(C)C)cc(c1OC(=O)NC(=O)C(Cl)(Cl)Cl)Cc1cc(C(C)(C)C)cc(c1OCC(=O)N[C@@H](C)c1ccccc1)Cc1cc(C(C)(C)C)cc(c1O)C2. The van der Waals surface area contributed by atoms with E-state index in [-0.39, 0.29) is 65.6 Å². The van der Waals surface area contributed by atoms with E-state index in [0.29, 0.717) is 40.2 Å². The first kappa shape index (κ1) is 54.1. The number of carbonyl (C=O) groups is 3. The minimum absolute atomic E-state index is 0.149. The number of rotatable bonds is 7. The lowest BCUT2D eigenvalue weighted by molar-refractivity contribution is -0.123. The zero-order valence-electron chi connectivity index (χ0n) is 43.1. The monoisotopic (exact) mass is 1010 g/mol. The van der Waals surface area contributed by atoms with Crippen LogP contribution in [0.5, 0.6) is 23.0 Å². The smallest absolute Gasteiger partial charge is 0.419 e. The second kappa shape index (κ2) is 20.5. The van der Waals surface area contributed by atoms with Gasteiger partial charge in [0.15, 0.2) is 6.61 Å². The van der Waals surface area contributed by atoms with E-state index in [1.54, 1.807) is 7.11 Å². The van der Waals surface area contributed by atoms with Gasteiger partial charge in [-0.2, -0.15) is 0 Å². The number of amides is 3. The molecule has 0 unspecified atom stereocenters. The molecule has 12 heteroatoms. The van der Waals surface area contributed by atoms with Gasteiger partial charge in [0.2, 0.25) is 0 Å². The Labute approximate surface area is 430 Å². The molecule has 1 aliphatic carbocycles. The van der Waals surface area contributed by atoms with Gasteiger partial charge in [-0.25, -0.2) is 4.79 Å². The van der Waals surface area contributed by atoms with Gasteiger partial charge in [0.1, 0.15) is 23.0 Å². The Balaban J connectivity index is 1.70. The van der Waals surface area contributed by atoms with Crippen molar-refractivity contribution in [1.82, 2.24) is 10.6 Å². The first-order chi connectivity index (χ1) is 32.3. The van der Waals surface area contributed by atoms with Gasteiger partial charge in [-0.05, 0) is 89.8 Å². The maximum absolute atomic E-state index is 13.9. The topological polar surface area (TPSA) is 123 Å². The number of benzene rings is 5. The Morgan fingerprint density at radius 3 is 1.30 bits per heavy atom. The summed E-state index contributed by atoms with van der Waals surface area (Å²) in [4.78, 5) is 40.7. The Hall–Kier alpha value is -5.22. The molecule has 374 valence electrons. The van der Waals surface area contributed by atoms with Crippen molar-refractivity contribution < 1.29 is 33.7 Å². The highest BCUT2D eigenvalue weighted by Crippen LogP contribution is 2.44. The highest BCUT2D eigenvalue weighted by atomic mass is 35.6.